The van der Waals surface area contributed by atoms with Gasteiger partial charge in [-0.05, 0) is 13.0 Å². The second-order valence-electron chi connectivity index (χ2n) is 3.70. The number of rotatable bonds is 4. The molecule has 4 nitrogen and oxygen atoms in total. The molecule has 6 heteroatoms. The van der Waals surface area contributed by atoms with Crippen molar-refractivity contribution in [2.75, 3.05) is 17.8 Å². The Morgan fingerprint density at radius 3 is 2.79 bits per heavy atom. The maximum Gasteiger partial charge on any atom is 0.341 e. The molecule has 0 radical (unpaired) electrons. The summed E-state index contributed by atoms with van der Waals surface area (Å²) in [5, 5.41) is 3.89. The number of amides is 1. The van der Waals surface area contributed by atoms with Crippen LogP contribution in [0.2, 0.25) is 0 Å². The molecule has 0 bridgehead atoms. The van der Waals surface area contributed by atoms with Crippen LogP contribution in [0.15, 0.2) is 24.3 Å². The number of alkyl halides is 1. The summed E-state index contributed by atoms with van der Waals surface area (Å²) in [5.41, 5.74) is 0.390. The van der Waals surface area contributed by atoms with Crippen molar-refractivity contribution in [2.45, 2.75) is 6.92 Å². The molecule has 1 heterocycles. The first-order chi connectivity index (χ1) is 9.17. The number of nitrogens with one attached hydrogen (secondary N) is 1. The molecular weight excluding hydrogens is 286 g/mol. The van der Waals surface area contributed by atoms with E-state index in [1.807, 2.05) is 24.3 Å². The van der Waals surface area contributed by atoms with Gasteiger partial charge in [0.1, 0.15) is 16.4 Å². The summed E-state index contributed by atoms with van der Waals surface area (Å²) >= 11 is 6.80. The second kappa shape index (κ2) is 6.04. The summed E-state index contributed by atoms with van der Waals surface area (Å²) in [4.78, 5) is 23.4. The van der Waals surface area contributed by atoms with Crippen molar-refractivity contribution < 1.29 is 14.3 Å². The van der Waals surface area contributed by atoms with Crippen LogP contribution >= 0.6 is 22.9 Å². The second-order valence-corrected chi connectivity index (χ2v) is 5.02. The molecule has 1 amide bonds. The number of carbonyl (C=O) groups is 2. The average molecular weight is 298 g/mol. The van der Waals surface area contributed by atoms with Gasteiger partial charge in [0.15, 0.2) is 0 Å². The van der Waals surface area contributed by atoms with E-state index in [-0.39, 0.29) is 18.4 Å². The molecule has 0 aliphatic heterocycles. The van der Waals surface area contributed by atoms with Gasteiger partial charge in [0, 0.05) is 10.1 Å². The van der Waals surface area contributed by atoms with Crippen molar-refractivity contribution in [2.24, 2.45) is 0 Å². The third-order valence-corrected chi connectivity index (χ3v) is 3.78. The highest BCUT2D eigenvalue weighted by molar-refractivity contribution is 7.23. The van der Waals surface area contributed by atoms with Crippen LogP contribution in [0.25, 0.3) is 10.1 Å². The van der Waals surface area contributed by atoms with Crippen LogP contribution in [0.4, 0.5) is 5.00 Å². The first-order valence-electron chi connectivity index (χ1n) is 5.71. The molecule has 2 rings (SSSR count). The van der Waals surface area contributed by atoms with Crippen LogP contribution in [0.3, 0.4) is 0 Å². The Balaban J connectivity index is 2.51. The van der Waals surface area contributed by atoms with Crippen LogP contribution in [0.5, 0.6) is 0 Å². The van der Waals surface area contributed by atoms with E-state index < -0.39 is 5.97 Å². The number of benzene rings is 1. The lowest BCUT2D eigenvalue weighted by Crippen LogP contribution is -2.15. The van der Waals surface area contributed by atoms with Crippen LogP contribution in [-0.2, 0) is 9.53 Å². The van der Waals surface area contributed by atoms with E-state index in [2.05, 4.69) is 5.32 Å². The third-order valence-electron chi connectivity index (χ3n) is 2.45. The van der Waals surface area contributed by atoms with Gasteiger partial charge in [-0.1, -0.05) is 18.2 Å². The third kappa shape index (κ3) is 2.88. The van der Waals surface area contributed by atoms with Gasteiger partial charge in [0.05, 0.1) is 6.61 Å². The number of anilines is 1. The fourth-order valence-corrected chi connectivity index (χ4v) is 2.87. The fraction of sp³-hybridized carbons (Fsp3) is 0.231. The van der Waals surface area contributed by atoms with Crippen LogP contribution in [0.1, 0.15) is 17.3 Å². The zero-order valence-electron chi connectivity index (χ0n) is 10.2. The lowest BCUT2D eigenvalue weighted by atomic mass is 10.1. The zero-order chi connectivity index (χ0) is 13.8. The molecule has 1 aromatic heterocycles. The SMILES string of the molecule is CCOC(=O)c1c(NC(=O)CCl)sc2ccccc12. The quantitative estimate of drug-likeness (QED) is 0.696. The number of hydrogen-bond acceptors (Lipinski definition) is 4. The number of esters is 1. The number of ether oxygens (including phenoxy) is 1. The topological polar surface area (TPSA) is 55.4 Å². The van der Waals surface area contributed by atoms with Gasteiger partial charge in [0.25, 0.3) is 0 Å². The Bertz CT molecular complexity index is 623. The number of hydrogen-bond donors (Lipinski definition) is 1. The van der Waals surface area contributed by atoms with Crippen LogP contribution in [0, 0.1) is 0 Å². The van der Waals surface area contributed by atoms with Gasteiger partial charge in [0.2, 0.25) is 5.91 Å². The van der Waals surface area contributed by atoms with E-state index in [1.54, 1.807) is 6.92 Å². The van der Waals surface area contributed by atoms with Gasteiger partial charge in [-0.3, -0.25) is 4.79 Å². The molecular formula is C13H12ClNO3S. The van der Waals surface area contributed by atoms with E-state index in [1.165, 1.54) is 11.3 Å². The molecule has 1 N–H and O–H groups in total. The minimum atomic E-state index is -0.440. The van der Waals surface area contributed by atoms with Gasteiger partial charge < -0.3 is 10.1 Å². The molecule has 0 unspecified atom stereocenters. The monoisotopic (exact) mass is 297 g/mol. The molecule has 2 aromatic rings. The van der Waals surface area contributed by atoms with Crippen molar-refractivity contribution in [3.8, 4) is 0 Å². The lowest BCUT2D eigenvalue weighted by molar-refractivity contribution is -0.113. The largest absolute Gasteiger partial charge is 0.462 e. The Kier molecular flexibility index (Phi) is 4.39. The first kappa shape index (κ1) is 13.8. The van der Waals surface area contributed by atoms with E-state index in [9.17, 15) is 9.59 Å². The summed E-state index contributed by atoms with van der Waals surface area (Å²) in [6, 6.07) is 7.43. The zero-order valence-corrected chi connectivity index (χ0v) is 11.8. The number of carbonyl (C=O) groups excluding carboxylic acids is 2. The predicted molar refractivity (Wildman–Crippen MR) is 77.1 cm³/mol. The van der Waals surface area contributed by atoms with Gasteiger partial charge >= 0.3 is 5.97 Å². The number of thiophene rings is 1. The molecule has 1 aromatic carbocycles. The van der Waals surface area contributed by atoms with Crippen LogP contribution in [-0.4, -0.2) is 24.4 Å². The number of halogens is 1. The molecule has 0 saturated heterocycles. The highest BCUT2D eigenvalue weighted by atomic mass is 35.5. The Morgan fingerprint density at radius 1 is 1.37 bits per heavy atom. The molecule has 0 spiro atoms. The minimum Gasteiger partial charge on any atom is -0.462 e. The average Bonchev–Trinajstić information content (AvgIpc) is 2.76. The molecule has 0 fully saturated rings. The van der Waals surface area contributed by atoms with Gasteiger partial charge in [-0.2, -0.15) is 0 Å². The summed E-state index contributed by atoms with van der Waals surface area (Å²) in [5.74, 6) is -0.945. The normalized spacial score (nSPS) is 10.4. The van der Waals surface area contributed by atoms with Crippen molar-refractivity contribution >= 4 is 49.9 Å². The highest BCUT2D eigenvalue weighted by Crippen LogP contribution is 2.36. The highest BCUT2D eigenvalue weighted by Gasteiger charge is 2.21. The smallest absolute Gasteiger partial charge is 0.341 e. The van der Waals surface area contributed by atoms with E-state index >= 15 is 0 Å². The van der Waals surface area contributed by atoms with Gasteiger partial charge in [-0.25, -0.2) is 4.79 Å². The summed E-state index contributed by atoms with van der Waals surface area (Å²) in [6.07, 6.45) is 0. The molecule has 0 atom stereocenters. The summed E-state index contributed by atoms with van der Waals surface area (Å²) in [7, 11) is 0. The lowest BCUT2D eigenvalue weighted by Gasteiger charge is -2.05. The first-order valence-corrected chi connectivity index (χ1v) is 7.07. The number of fused-ring (bicyclic) bond motifs is 1. The molecule has 100 valence electrons. The maximum atomic E-state index is 12.0. The molecule has 19 heavy (non-hydrogen) atoms. The minimum absolute atomic E-state index is 0.156. The Morgan fingerprint density at radius 2 is 2.11 bits per heavy atom. The Hall–Kier alpha value is -1.59. The summed E-state index contributed by atoms with van der Waals surface area (Å²) < 4.78 is 5.95. The predicted octanol–water partition coefficient (Wildman–Crippen LogP) is 3.26. The van der Waals surface area contributed by atoms with E-state index in [4.69, 9.17) is 16.3 Å². The van der Waals surface area contributed by atoms with E-state index in [0.29, 0.717) is 10.6 Å². The van der Waals surface area contributed by atoms with Crippen molar-refractivity contribution in [1.82, 2.24) is 0 Å². The summed E-state index contributed by atoms with van der Waals surface area (Å²) in [6.45, 7) is 2.02. The van der Waals surface area contributed by atoms with Crippen LogP contribution < -0.4 is 5.32 Å². The van der Waals surface area contributed by atoms with Crippen molar-refractivity contribution in [1.29, 1.82) is 0 Å². The maximum absolute atomic E-state index is 12.0. The van der Waals surface area contributed by atoms with Gasteiger partial charge in [-0.15, -0.1) is 22.9 Å². The fourth-order valence-electron chi connectivity index (χ4n) is 1.70. The van der Waals surface area contributed by atoms with Crippen molar-refractivity contribution in [3.63, 3.8) is 0 Å². The molecule has 0 aliphatic carbocycles. The standard InChI is InChI=1S/C13H12ClNO3S/c1-2-18-13(17)11-8-5-3-4-6-9(8)19-12(11)15-10(16)7-14/h3-6H,2,7H2,1H3,(H,15,16). The van der Waals surface area contributed by atoms with Crippen molar-refractivity contribution in [3.05, 3.63) is 29.8 Å². The molecule has 0 saturated carbocycles. The Labute approximate surface area is 119 Å². The van der Waals surface area contributed by atoms with E-state index in [0.717, 1.165) is 10.1 Å². The molecule has 0 aliphatic rings.